The third-order valence-electron chi connectivity index (χ3n) is 18.1. The molecule has 0 amide bonds. The number of carbonyl (C=O) groups is 6. The van der Waals surface area contributed by atoms with Gasteiger partial charge in [0.05, 0.1) is 0 Å². The van der Waals surface area contributed by atoms with E-state index in [1.165, 1.54) is 134 Å². The maximum Gasteiger partial charge on any atom is 0.333 e. The largest absolute Gasteiger partial charge is 0.456 e. The van der Waals surface area contributed by atoms with Gasteiger partial charge in [-0.2, -0.15) is 0 Å². The van der Waals surface area contributed by atoms with Crippen LogP contribution < -0.4 is 0 Å². The molecule has 0 spiro atoms. The highest BCUT2D eigenvalue weighted by Gasteiger charge is 2.41. The van der Waals surface area contributed by atoms with Crippen LogP contribution in [0.1, 0.15) is 288 Å². The predicted octanol–water partition coefficient (Wildman–Crippen LogP) is 18.2. The molecular weight excluding hydrogens is 1030 g/mol. The van der Waals surface area contributed by atoms with Gasteiger partial charge in [0, 0.05) is 34.9 Å². The van der Waals surface area contributed by atoms with Crippen LogP contribution in [-0.2, 0) is 57.2 Å². The highest BCUT2D eigenvalue weighted by Crippen LogP contribution is 2.41. The summed E-state index contributed by atoms with van der Waals surface area (Å²) < 4.78 is 33.0. The second-order valence-electron chi connectivity index (χ2n) is 25.2. The summed E-state index contributed by atoms with van der Waals surface area (Å²) >= 11 is 0. The summed E-state index contributed by atoms with van der Waals surface area (Å²) in [7, 11) is 0. The van der Waals surface area contributed by atoms with Crippen molar-refractivity contribution in [2.24, 2.45) is 11.8 Å². The molecule has 0 atom stereocenters. The molecule has 0 aromatic carbocycles. The lowest BCUT2D eigenvalue weighted by molar-refractivity contribution is -0.165. The molecule has 82 heavy (non-hydrogen) atoms. The summed E-state index contributed by atoms with van der Waals surface area (Å²) in [5.41, 5.74) is 0.281. The minimum absolute atomic E-state index is 0.177. The lowest BCUT2D eigenvalue weighted by Gasteiger charge is -2.40. The lowest BCUT2D eigenvalue weighted by atomic mass is 9.77. The van der Waals surface area contributed by atoms with Gasteiger partial charge in [0.1, 0.15) is 33.6 Å². The Morgan fingerprint density at radius 2 is 0.585 bits per heavy atom. The Bertz CT molecular complexity index is 1980. The molecule has 12 heteroatoms. The van der Waals surface area contributed by atoms with Crippen LogP contribution in [0.2, 0.25) is 0 Å². The Hall–Kier alpha value is -4.74. The molecule has 0 aromatic rings. The van der Waals surface area contributed by atoms with E-state index in [4.69, 9.17) is 28.4 Å². The van der Waals surface area contributed by atoms with Crippen molar-refractivity contribution in [1.29, 1.82) is 0 Å². The van der Waals surface area contributed by atoms with Crippen molar-refractivity contribution < 1.29 is 57.2 Å². The van der Waals surface area contributed by atoms with Gasteiger partial charge in [-0.15, -0.1) is 0 Å². The maximum absolute atomic E-state index is 11.6. The third kappa shape index (κ3) is 26.9. The smallest absolute Gasteiger partial charge is 0.333 e. The standard InChI is InChI=1S/C13H22O2.2C12H20O2.3C11H18O2/c1-10(2)12(14)15-13(11(3)4)8-6-5-7-9-13;1-4-12(8-6-5-7-9-12)14-11(13)10(2)3;1-4-11(13)14-12(10(2)3)8-6-5-7-9-12;1-9(2)10(12)13-11(3)7-5-4-6-8-11;2*1-3-10(12)13-11(4-2)8-6-5-7-9-11/h11H,1,5-9H2,2-4H3;2,4-9H2,1,3H3;4,10H,1,5-9H2,2-3H3;1,4-8H2,2-3H3;2*3H,1,4-9H2,2H3. The SMILES string of the molecule is C=C(C)C(=O)OC1(C(C)C)CCCCC1.C=C(C)C(=O)OC1(C)CCCCC1.C=C(C)C(=O)OC1(CC)CCCCC1.C=CC(=O)OC1(C(C)C)CCCCC1.C=CC(=O)OC1(CC)CCCCC1.C=CC(=O)OC1(CC)CCCCC1. The van der Waals surface area contributed by atoms with E-state index in [0.29, 0.717) is 28.6 Å². The Morgan fingerprint density at radius 3 is 0.854 bits per heavy atom. The van der Waals surface area contributed by atoms with Crippen LogP contribution in [0.4, 0.5) is 0 Å². The molecule has 6 aliphatic carbocycles. The van der Waals surface area contributed by atoms with Gasteiger partial charge in [0.25, 0.3) is 0 Å². The number of esters is 6. The Kier molecular flexibility index (Phi) is 35.1. The third-order valence-corrected chi connectivity index (χ3v) is 18.1. The lowest BCUT2D eigenvalue weighted by Crippen LogP contribution is -2.42. The fourth-order valence-electron chi connectivity index (χ4n) is 12.1. The van der Waals surface area contributed by atoms with Crippen molar-refractivity contribution in [1.82, 2.24) is 0 Å². The fraction of sp³-hybridized carbons (Fsp3) is 0.743. The van der Waals surface area contributed by atoms with Gasteiger partial charge in [-0.1, -0.05) is 126 Å². The first-order valence-corrected chi connectivity index (χ1v) is 31.9. The predicted molar refractivity (Wildman–Crippen MR) is 333 cm³/mol. The second kappa shape index (κ2) is 38.3. The van der Waals surface area contributed by atoms with Crippen molar-refractivity contribution in [3.63, 3.8) is 0 Å². The molecule has 6 aliphatic rings. The zero-order valence-electron chi connectivity index (χ0n) is 53.9. The number of rotatable bonds is 17. The topological polar surface area (TPSA) is 158 Å². The minimum atomic E-state index is -0.277. The monoisotopic (exact) mass is 1150 g/mol. The van der Waals surface area contributed by atoms with E-state index in [1.807, 2.05) is 6.92 Å². The summed E-state index contributed by atoms with van der Waals surface area (Å²) in [6, 6.07) is 0. The molecule has 0 aromatic heterocycles. The zero-order valence-corrected chi connectivity index (χ0v) is 53.9. The van der Waals surface area contributed by atoms with Gasteiger partial charge in [0.15, 0.2) is 0 Å². The summed E-state index contributed by atoms with van der Waals surface area (Å²) in [5, 5.41) is 0. The average Bonchev–Trinajstić information content (AvgIpc) is 3.56. The van der Waals surface area contributed by atoms with Crippen LogP contribution in [0.5, 0.6) is 0 Å². The number of hydrogen-bond donors (Lipinski definition) is 0. The van der Waals surface area contributed by atoms with Gasteiger partial charge < -0.3 is 28.4 Å². The highest BCUT2D eigenvalue weighted by molar-refractivity contribution is 5.88. The van der Waals surface area contributed by atoms with Gasteiger partial charge in [-0.05, 0) is 213 Å². The van der Waals surface area contributed by atoms with E-state index >= 15 is 0 Å². The number of hydrogen-bond acceptors (Lipinski definition) is 12. The van der Waals surface area contributed by atoms with Crippen LogP contribution in [0.25, 0.3) is 0 Å². The van der Waals surface area contributed by atoms with Crippen LogP contribution in [-0.4, -0.2) is 69.4 Å². The average molecular weight is 1150 g/mol. The number of ether oxygens (including phenoxy) is 6. The molecule has 0 radical (unpaired) electrons. The zero-order chi connectivity index (χ0) is 62.0. The second-order valence-corrected chi connectivity index (χ2v) is 25.2. The van der Waals surface area contributed by atoms with Gasteiger partial charge >= 0.3 is 35.8 Å². The van der Waals surface area contributed by atoms with Crippen molar-refractivity contribution in [2.45, 2.75) is 322 Å². The quantitative estimate of drug-likeness (QED) is 0.0772. The van der Waals surface area contributed by atoms with E-state index < -0.39 is 0 Å². The molecule has 6 fully saturated rings. The van der Waals surface area contributed by atoms with Gasteiger partial charge in [-0.3, -0.25) is 0 Å². The summed E-state index contributed by atoms with van der Waals surface area (Å²) in [4.78, 5) is 67.8. The van der Waals surface area contributed by atoms with Crippen LogP contribution in [0.15, 0.2) is 74.4 Å². The first-order valence-electron chi connectivity index (χ1n) is 31.9. The Labute approximate surface area is 498 Å². The fourth-order valence-corrected chi connectivity index (χ4v) is 12.1. The molecule has 0 bridgehead atoms. The van der Waals surface area contributed by atoms with Gasteiger partial charge in [-0.25, -0.2) is 28.8 Å². The highest BCUT2D eigenvalue weighted by atomic mass is 16.6. The molecule has 0 unspecified atom stereocenters. The molecular formula is C70H116O12. The Balaban J connectivity index is 0.000000492. The van der Waals surface area contributed by atoms with E-state index in [1.54, 1.807) is 20.8 Å². The van der Waals surface area contributed by atoms with E-state index in [0.717, 1.165) is 96.3 Å². The number of carbonyl (C=O) groups excluding carboxylic acids is 6. The summed E-state index contributed by atoms with van der Waals surface area (Å²) in [6.45, 7) is 43.0. The molecule has 0 N–H and O–H groups in total. The van der Waals surface area contributed by atoms with E-state index in [-0.39, 0.29) is 69.4 Å². The van der Waals surface area contributed by atoms with Crippen molar-refractivity contribution in [2.75, 3.05) is 0 Å². The Morgan fingerprint density at radius 1 is 0.354 bits per heavy atom. The van der Waals surface area contributed by atoms with Crippen molar-refractivity contribution in [3.05, 3.63) is 74.4 Å². The molecule has 468 valence electrons. The van der Waals surface area contributed by atoms with E-state index in [2.05, 4.69) is 87.9 Å². The maximum atomic E-state index is 11.6. The molecule has 0 saturated heterocycles. The molecule has 6 saturated carbocycles. The van der Waals surface area contributed by atoms with Crippen LogP contribution in [0, 0.1) is 11.8 Å². The van der Waals surface area contributed by atoms with Crippen LogP contribution in [0.3, 0.4) is 0 Å². The summed E-state index contributed by atoms with van der Waals surface area (Å²) in [6.07, 6.45) is 40.3. The van der Waals surface area contributed by atoms with Gasteiger partial charge in [0.2, 0.25) is 0 Å². The summed E-state index contributed by atoms with van der Waals surface area (Å²) in [5.74, 6) is -0.746. The molecule has 0 aliphatic heterocycles. The van der Waals surface area contributed by atoms with Crippen molar-refractivity contribution in [3.8, 4) is 0 Å². The molecule has 0 heterocycles. The first-order chi connectivity index (χ1) is 38.7. The van der Waals surface area contributed by atoms with Crippen LogP contribution >= 0.6 is 0 Å². The minimum Gasteiger partial charge on any atom is -0.456 e. The van der Waals surface area contributed by atoms with E-state index in [9.17, 15) is 28.8 Å². The van der Waals surface area contributed by atoms with Crippen molar-refractivity contribution >= 4 is 35.8 Å². The normalized spacial score (nSPS) is 20.5. The molecule has 12 nitrogen and oxygen atoms in total. The first kappa shape index (κ1) is 75.3. The molecule has 6 rings (SSSR count).